The lowest BCUT2D eigenvalue weighted by atomic mass is 9.95. The highest BCUT2D eigenvalue weighted by atomic mass is 32.2. The molecule has 0 radical (unpaired) electrons. The highest BCUT2D eigenvalue weighted by molar-refractivity contribution is 7.99. The Labute approximate surface area is 196 Å². The summed E-state index contributed by atoms with van der Waals surface area (Å²) in [5, 5.41) is 9.35. The van der Waals surface area contributed by atoms with E-state index in [1.807, 2.05) is 10.7 Å². The van der Waals surface area contributed by atoms with Crippen LogP contribution in [0.1, 0.15) is 49.8 Å². The molecule has 0 N–H and O–H groups in total. The van der Waals surface area contributed by atoms with E-state index in [1.54, 1.807) is 18.0 Å². The number of hydrogen-bond acceptors (Lipinski definition) is 5. The zero-order valence-electron chi connectivity index (χ0n) is 18.6. The van der Waals surface area contributed by atoms with Crippen molar-refractivity contribution in [2.24, 2.45) is 5.92 Å². The normalized spacial score (nSPS) is 15.4. The summed E-state index contributed by atoms with van der Waals surface area (Å²) >= 11 is 1.68. The molecule has 1 saturated heterocycles. The van der Waals surface area contributed by atoms with Gasteiger partial charge in [0.15, 0.2) is 0 Å². The summed E-state index contributed by atoms with van der Waals surface area (Å²) in [5.41, 5.74) is 0.803. The third-order valence-electron chi connectivity index (χ3n) is 5.99. The lowest BCUT2D eigenvalue weighted by Crippen LogP contribution is -2.17. The molecule has 0 saturated carbocycles. The Balaban J connectivity index is 1.15. The van der Waals surface area contributed by atoms with Gasteiger partial charge in [-0.05, 0) is 62.0 Å². The second kappa shape index (κ2) is 11.3. The second-order valence-corrected chi connectivity index (χ2v) is 9.67. The number of fused-ring (bicyclic) bond motifs is 1. The maximum atomic E-state index is 12.9. The Hall–Kier alpha value is -2.13. The highest BCUT2D eigenvalue weighted by Gasteiger charge is 2.30. The van der Waals surface area contributed by atoms with E-state index in [4.69, 9.17) is 4.74 Å². The number of ether oxygens (including phenoxy) is 1. The van der Waals surface area contributed by atoms with Crippen LogP contribution in [0.4, 0.5) is 13.2 Å². The van der Waals surface area contributed by atoms with Gasteiger partial charge in [-0.25, -0.2) is 0 Å². The van der Waals surface area contributed by atoms with Gasteiger partial charge >= 0.3 is 6.18 Å². The van der Waals surface area contributed by atoms with Crippen LogP contribution in [0.2, 0.25) is 0 Å². The Kier molecular flexibility index (Phi) is 8.25. The number of alkyl halides is 3. The van der Waals surface area contributed by atoms with Crippen molar-refractivity contribution in [2.75, 3.05) is 19.0 Å². The average molecular weight is 479 g/mol. The summed E-state index contributed by atoms with van der Waals surface area (Å²) in [7, 11) is 0. The molecular formula is C24H29F3N4OS. The number of rotatable bonds is 10. The van der Waals surface area contributed by atoms with E-state index in [0.29, 0.717) is 11.4 Å². The van der Waals surface area contributed by atoms with Crippen LogP contribution in [-0.4, -0.2) is 38.9 Å². The lowest BCUT2D eigenvalue weighted by molar-refractivity contribution is -0.137. The zero-order valence-corrected chi connectivity index (χ0v) is 19.4. The topological polar surface area (TPSA) is 52.8 Å². The fourth-order valence-electron chi connectivity index (χ4n) is 4.12. The first-order valence-electron chi connectivity index (χ1n) is 11.5. The fourth-order valence-corrected chi connectivity index (χ4v) is 5.18. The van der Waals surface area contributed by atoms with Crippen LogP contribution >= 0.6 is 11.8 Å². The van der Waals surface area contributed by atoms with Crippen molar-refractivity contribution < 1.29 is 17.9 Å². The van der Waals surface area contributed by atoms with Gasteiger partial charge in [-0.3, -0.25) is 9.67 Å². The third-order valence-corrected chi connectivity index (χ3v) is 7.15. The maximum Gasteiger partial charge on any atom is 0.416 e. The molecule has 0 atom stereocenters. The molecule has 1 fully saturated rings. The minimum absolute atomic E-state index is 0.388. The Morgan fingerprint density at radius 1 is 1.06 bits per heavy atom. The van der Waals surface area contributed by atoms with Crippen molar-refractivity contribution in [3.63, 3.8) is 0 Å². The SMILES string of the molecule is FC(F)(F)c1ccc2c(SCCCCCCn3cc(CC4CCOCC4)nn3)ccnc2c1. The number of hydrogen-bond donors (Lipinski definition) is 0. The molecule has 1 aliphatic heterocycles. The summed E-state index contributed by atoms with van der Waals surface area (Å²) in [6.07, 6.45) is 6.84. The van der Waals surface area contributed by atoms with Crippen LogP contribution in [-0.2, 0) is 23.9 Å². The Morgan fingerprint density at radius 3 is 2.70 bits per heavy atom. The summed E-state index contributed by atoms with van der Waals surface area (Å²) in [5.74, 6) is 1.59. The fraction of sp³-hybridized carbons (Fsp3) is 0.542. The zero-order chi connectivity index (χ0) is 23.1. The van der Waals surface area contributed by atoms with E-state index in [-0.39, 0.29) is 0 Å². The molecule has 4 rings (SSSR count). The molecule has 0 amide bonds. The standard InChI is InChI=1S/C24H29F3N4OS/c25-24(26,27)19-5-6-21-22(16-19)28-10-7-23(21)33-14-4-2-1-3-11-31-17-20(29-30-31)15-18-8-12-32-13-9-18/h5-7,10,16-18H,1-4,8-9,11-15H2. The molecule has 5 nitrogen and oxygen atoms in total. The van der Waals surface area contributed by atoms with Gasteiger partial charge in [0.05, 0.1) is 16.8 Å². The van der Waals surface area contributed by atoms with Crippen molar-refractivity contribution in [1.82, 2.24) is 20.0 Å². The summed E-state index contributed by atoms with van der Waals surface area (Å²) < 4.78 is 46.1. The first kappa shape index (κ1) is 24.0. The van der Waals surface area contributed by atoms with Crippen LogP contribution in [0.5, 0.6) is 0 Å². The molecule has 0 aliphatic carbocycles. The van der Waals surface area contributed by atoms with Gasteiger partial charge in [0.2, 0.25) is 0 Å². The summed E-state index contributed by atoms with van der Waals surface area (Å²) in [6, 6.07) is 5.66. The average Bonchev–Trinajstić information content (AvgIpc) is 3.25. The highest BCUT2D eigenvalue weighted by Crippen LogP contribution is 2.34. The van der Waals surface area contributed by atoms with E-state index < -0.39 is 11.7 Å². The summed E-state index contributed by atoms with van der Waals surface area (Å²) in [6.45, 7) is 2.59. The summed E-state index contributed by atoms with van der Waals surface area (Å²) in [4.78, 5) is 5.10. The number of benzene rings is 1. The van der Waals surface area contributed by atoms with E-state index in [9.17, 15) is 13.2 Å². The number of aromatic nitrogens is 4. The monoisotopic (exact) mass is 478 g/mol. The molecule has 9 heteroatoms. The third kappa shape index (κ3) is 6.93. The predicted molar refractivity (Wildman–Crippen MR) is 123 cm³/mol. The van der Waals surface area contributed by atoms with Crippen molar-refractivity contribution in [1.29, 1.82) is 0 Å². The smallest absolute Gasteiger partial charge is 0.381 e. The van der Waals surface area contributed by atoms with E-state index in [0.717, 1.165) is 98.6 Å². The van der Waals surface area contributed by atoms with Gasteiger partial charge in [-0.15, -0.1) is 16.9 Å². The molecule has 0 spiro atoms. The maximum absolute atomic E-state index is 12.9. The first-order valence-corrected chi connectivity index (χ1v) is 12.5. The molecule has 33 heavy (non-hydrogen) atoms. The molecule has 178 valence electrons. The first-order chi connectivity index (χ1) is 16.0. The Bertz CT molecular complexity index is 1030. The minimum atomic E-state index is -4.35. The van der Waals surface area contributed by atoms with Gasteiger partial charge < -0.3 is 4.74 Å². The lowest BCUT2D eigenvalue weighted by Gasteiger charge is -2.20. The number of pyridine rings is 1. The van der Waals surface area contributed by atoms with Gasteiger partial charge in [0.25, 0.3) is 0 Å². The molecule has 3 aromatic rings. The largest absolute Gasteiger partial charge is 0.416 e. The molecule has 3 heterocycles. The van der Waals surface area contributed by atoms with Crippen LogP contribution in [0, 0.1) is 5.92 Å². The molecule has 1 aromatic carbocycles. The predicted octanol–water partition coefficient (Wildman–Crippen LogP) is 6.17. The van der Waals surface area contributed by atoms with Crippen molar-refractivity contribution in [3.05, 3.63) is 47.9 Å². The number of unbranched alkanes of at least 4 members (excludes halogenated alkanes) is 3. The number of halogens is 3. The molecule has 1 aliphatic rings. The number of nitrogens with zero attached hydrogens (tertiary/aromatic N) is 4. The Morgan fingerprint density at radius 2 is 1.88 bits per heavy atom. The van der Waals surface area contributed by atoms with Crippen LogP contribution in [0.3, 0.4) is 0 Å². The van der Waals surface area contributed by atoms with Gasteiger partial charge in [-0.2, -0.15) is 13.2 Å². The van der Waals surface area contributed by atoms with E-state index in [2.05, 4.69) is 21.5 Å². The quantitative estimate of drug-likeness (QED) is 0.258. The number of aryl methyl sites for hydroxylation is 1. The number of thioether (sulfide) groups is 1. The molecule has 0 unspecified atom stereocenters. The van der Waals surface area contributed by atoms with Crippen molar-refractivity contribution >= 4 is 22.7 Å². The molecular weight excluding hydrogens is 449 g/mol. The molecule has 2 aromatic heterocycles. The van der Waals surface area contributed by atoms with Gasteiger partial charge in [-0.1, -0.05) is 24.1 Å². The second-order valence-electron chi connectivity index (χ2n) is 8.53. The van der Waals surface area contributed by atoms with Crippen molar-refractivity contribution in [2.45, 2.75) is 62.6 Å². The van der Waals surface area contributed by atoms with Gasteiger partial charge in [0.1, 0.15) is 0 Å². The van der Waals surface area contributed by atoms with Crippen LogP contribution in [0.15, 0.2) is 41.6 Å². The van der Waals surface area contributed by atoms with E-state index in [1.165, 1.54) is 6.07 Å². The molecule has 0 bridgehead atoms. The van der Waals surface area contributed by atoms with Crippen LogP contribution < -0.4 is 0 Å². The minimum Gasteiger partial charge on any atom is -0.381 e. The van der Waals surface area contributed by atoms with Crippen LogP contribution in [0.25, 0.3) is 10.9 Å². The van der Waals surface area contributed by atoms with Gasteiger partial charge in [0, 0.05) is 42.4 Å². The van der Waals surface area contributed by atoms with E-state index >= 15 is 0 Å². The van der Waals surface area contributed by atoms with Crippen molar-refractivity contribution in [3.8, 4) is 0 Å².